The summed E-state index contributed by atoms with van der Waals surface area (Å²) in [7, 11) is 0. The molecule has 0 bridgehead atoms. The molecule has 102 valence electrons. The van der Waals surface area contributed by atoms with Crippen molar-refractivity contribution in [2.24, 2.45) is 0 Å². The fourth-order valence-electron chi connectivity index (χ4n) is 1.33. The summed E-state index contributed by atoms with van der Waals surface area (Å²) in [5.41, 5.74) is 6.26. The van der Waals surface area contributed by atoms with Crippen molar-refractivity contribution in [3.8, 4) is 5.75 Å². The normalized spacial score (nSPS) is 12.3. The minimum absolute atomic E-state index is 0.156. The van der Waals surface area contributed by atoms with Gasteiger partial charge >= 0.3 is 0 Å². The van der Waals surface area contributed by atoms with E-state index in [1.54, 1.807) is 12.1 Å². The minimum Gasteiger partial charge on any atom is -0.489 e. The van der Waals surface area contributed by atoms with E-state index >= 15 is 0 Å². The van der Waals surface area contributed by atoms with Crippen molar-refractivity contribution in [2.75, 3.05) is 38.8 Å². The number of anilines is 1. The summed E-state index contributed by atoms with van der Waals surface area (Å²) < 4.78 is 15.7. The average molecular weight is 255 g/mol. The second kappa shape index (κ2) is 8.74. The van der Waals surface area contributed by atoms with Gasteiger partial charge in [0.05, 0.1) is 25.5 Å². The van der Waals surface area contributed by atoms with Gasteiger partial charge in [-0.3, -0.25) is 0 Å². The molecule has 0 radical (unpaired) electrons. The highest BCUT2D eigenvalue weighted by Gasteiger charge is 2.06. The first-order valence-electron chi connectivity index (χ1n) is 6.05. The molecule has 5 heteroatoms. The van der Waals surface area contributed by atoms with Gasteiger partial charge in [-0.2, -0.15) is 0 Å². The first kappa shape index (κ1) is 14.8. The van der Waals surface area contributed by atoms with Crippen molar-refractivity contribution in [3.05, 3.63) is 24.3 Å². The number of nitrogens with two attached hydrogens (primary N) is 1. The molecule has 5 nitrogen and oxygen atoms in total. The molecule has 1 unspecified atom stereocenters. The minimum atomic E-state index is -0.675. The van der Waals surface area contributed by atoms with Crippen LogP contribution in [0.1, 0.15) is 6.92 Å². The molecule has 0 heterocycles. The molecule has 1 aromatic rings. The number of hydrogen-bond donors (Lipinski definition) is 2. The van der Waals surface area contributed by atoms with Crippen LogP contribution >= 0.6 is 0 Å². The second-order valence-corrected chi connectivity index (χ2v) is 3.77. The van der Waals surface area contributed by atoms with E-state index in [1.807, 2.05) is 19.1 Å². The fourth-order valence-corrected chi connectivity index (χ4v) is 1.33. The van der Waals surface area contributed by atoms with Gasteiger partial charge in [0.2, 0.25) is 0 Å². The summed E-state index contributed by atoms with van der Waals surface area (Å²) in [6, 6.07) is 7.17. The maximum Gasteiger partial charge on any atom is 0.142 e. The molecule has 18 heavy (non-hydrogen) atoms. The van der Waals surface area contributed by atoms with E-state index in [1.165, 1.54) is 0 Å². The van der Waals surface area contributed by atoms with Crippen LogP contribution in [0.4, 0.5) is 5.69 Å². The molecule has 0 amide bonds. The molecular formula is C13H21NO4. The monoisotopic (exact) mass is 255 g/mol. The van der Waals surface area contributed by atoms with E-state index in [9.17, 15) is 5.11 Å². The first-order chi connectivity index (χ1) is 8.74. The van der Waals surface area contributed by atoms with Crippen LogP contribution in [0.15, 0.2) is 24.3 Å². The first-order valence-corrected chi connectivity index (χ1v) is 6.05. The zero-order chi connectivity index (χ0) is 13.2. The molecule has 1 aromatic carbocycles. The van der Waals surface area contributed by atoms with Gasteiger partial charge in [-0.05, 0) is 19.1 Å². The molecule has 0 saturated carbocycles. The predicted molar refractivity (Wildman–Crippen MR) is 69.7 cm³/mol. The van der Waals surface area contributed by atoms with Gasteiger partial charge in [0, 0.05) is 6.61 Å². The third-order valence-electron chi connectivity index (χ3n) is 2.24. The van der Waals surface area contributed by atoms with Gasteiger partial charge in [0.1, 0.15) is 18.5 Å². The standard InChI is InChI=1S/C13H21NO4/c1-2-16-7-8-17-9-11(15)10-18-13-6-4-3-5-12(13)14/h3-6,11,15H,2,7-10,14H2,1H3. The lowest BCUT2D eigenvalue weighted by atomic mass is 10.3. The van der Waals surface area contributed by atoms with Crippen LogP contribution in [0, 0.1) is 0 Å². The Morgan fingerprint density at radius 3 is 2.61 bits per heavy atom. The molecule has 0 spiro atoms. The second-order valence-electron chi connectivity index (χ2n) is 3.77. The molecule has 0 aliphatic carbocycles. The lowest BCUT2D eigenvalue weighted by Crippen LogP contribution is -2.24. The Balaban J connectivity index is 2.13. The smallest absolute Gasteiger partial charge is 0.142 e. The third-order valence-corrected chi connectivity index (χ3v) is 2.24. The Morgan fingerprint density at radius 2 is 1.89 bits per heavy atom. The number of hydrogen-bond acceptors (Lipinski definition) is 5. The van der Waals surface area contributed by atoms with E-state index in [4.69, 9.17) is 19.9 Å². The summed E-state index contributed by atoms with van der Waals surface area (Å²) in [5, 5.41) is 9.63. The molecule has 1 atom stereocenters. The molecule has 0 aliphatic heterocycles. The van der Waals surface area contributed by atoms with Crippen molar-refractivity contribution in [1.29, 1.82) is 0 Å². The Morgan fingerprint density at radius 1 is 1.17 bits per heavy atom. The predicted octanol–water partition coefficient (Wildman–Crippen LogP) is 1.06. The van der Waals surface area contributed by atoms with Crippen LogP contribution in [-0.2, 0) is 9.47 Å². The maximum atomic E-state index is 9.63. The fraction of sp³-hybridized carbons (Fsp3) is 0.538. The molecule has 0 fully saturated rings. The molecule has 3 N–H and O–H groups in total. The lowest BCUT2D eigenvalue weighted by molar-refractivity contribution is -0.00919. The van der Waals surface area contributed by atoms with Gasteiger partial charge in [-0.25, -0.2) is 0 Å². The summed E-state index contributed by atoms with van der Waals surface area (Å²) in [5.74, 6) is 0.575. The number of aliphatic hydroxyl groups is 1. The average Bonchev–Trinajstić information content (AvgIpc) is 2.37. The van der Waals surface area contributed by atoms with E-state index in [0.717, 1.165) is 0 Å². The topological polar surface area (TPSA) is 73.9 Å². The third kappa shape index (κ3) is 5.86. The number of benzene rings is 1. The van der Waals surface area contributed by atoms with Crippen molar-refractivity contribution in [2.45, 2.75) is 13.0 Å². The largest absolute Gasteiger partial charge is 0.489 e. The van der Waals surface area contributed by atoms with Gasteiger partial charge in [-0.15, -0.1) is 0 Å². The number of para-hydroxylation sites is 2. The van der Waals surface area contributed by atoms with E-state index in [0.29, 0.717) is 31.3 Å². The van der Waals surface area contributed by atoms with Gasteiger partial charge in [0.25, 0.3) is 0 Å². The van der Waals surface area contributed by atoms with E-state index in [2.05, 4.69) is 0 Å². The van der Waals surface area contributed by atoms with Crippen LogP contribution in [-0.4, -0.2) is 44.2 Å². The highest BCUT2D eigenvalue weighted by Crippen LogP contribution is 2.19. The lowest BCUT2D eigenvalue weighted by Gasteiger charge is -2.13. The van der Waals surface area contributed by atoms with Crippen LogP contribution in [0.3, 0.4) is 0 Å². The van der Waals surface area contributed by atoms with Crippen molar-refractivity contribution < 1.29 is 19.3 Å². The van der Waals surface area contributed by atoms with Gasteiger partial charge in [-0.1, -0.05) is 12.1 Å². The number of nitrogen functional groups attached to an aromatic ring is 1. The van der Waals surface area contributed by atoms with Crippen LogP contribution < -0.4 is 10.5 Å². The Bertz CT molecular complexity index is 333. The Labute approximate surface area is 107 Å². The van der Waals surface area contributed by atoms with Crippen LogP contribution in [0.2, 0.25) is 0 Å². The van der Waals surface area contributed by atoms with Crippen molar-refractivity contribution in [1.82, 2.24) is 0 Å². The molecule has 1 rings (SSSR count). The van der Waals surface area contributed by atoms with E-state index in [-0.39, 0.29) is 13.2 Å². The quantitative estimate of drug-likeness (QED) is 0.510. The molecule has 0 saturated heterocycles. The SMILES string of the molecule is CCOCCOCC(O)COc1ccccc1N. The van der Waals surface area contributed by atoms with Gasteiger partial charge in [0.15, 0.2) is 0 Å². The summed E-state index contributed by atoms with van der Waals surface area (Å²) in [6.45, 7) is 3.98. The highest BCUT2D eigenvalue weighted by molar-refractivity contribution is 5.51. The maximum absolute atomic E-state index is 9.63. The Kier molecular flexibility index (Phi) is 7.17. The Hall–Kier alpha value is -1.30. The van der Waals surface area contributed by atoms with Crippen molar-refractivity contribution in [3.63, 3.8) is 0 Å². The molecule has 0 aliphatic rings. The van der Waals surface area contributed by atoms with Gasteiger partial charge < -0.3 is 25.1 Å². The molecular weight excluding hydrogens is 234 g/mol. The summed E-state index contributed by atoms with van der Waals surface area (Å²) in [6.07, 6.45) is -0.675. The summed E-state index contributed by atoms with van der Waals surface area (Å²) in [4.78, 5) is 0. The van der Waals surface area contributed by atoms with Crippen molar-refractivity contribution >= 4 is 5.69 Å². The van der Waals surface area contributed by atoms with Crippen LogP contribution in [0.5, 0.6) is 5.75 Å². The number of aliphatic hydroxyl groups excluding tert-OH is 1. The summed E-state index contributed by atoms with van der Waals surface area (Å²) >= 11 is 0. The zero-order valence-corrected chi connectivity index (χ0v) is 10.7. The zero-order valence-electron chi connectivity index (χ0n) is 10.7. The number of rotatable bonds is 9. The van der Waals surface area contributed by atoms with Crippen LogP contribution in [0.25, 0.3) is 0 Å². The van der Waals surface area contributed by atoms with E-state index < -0.39 is 6.10 Å². The molecule has 0 aromatic heterocycles. The highest BCUT2D eigenvalue weighted by atomic mass is 16.5. The number of ether oxygens (including phenoxy) is 3.